The second kappa shape index (κ2) is 7.96. The van der Waals surface area contributed by atoms with Gasteiger partial charge in [-0.3, -0.25) is 0 Å². The van der Waals surface area contributed by atoms with E-state index in [2.05, 4.69) is 10.6 Å². The smallest absolute Gasteiger partial charge is 0.166 e. The van der Waals surface area contributed by atoms with Crippen molar-refractivity contribution in [1.29, 1.82) is 0 Å². The molecule has 0 saturated heterocycles. The van der Waals surface area contributed by atoms with E-state index in [-0.39, 0.29) is 5.82 Å². The summed E-state index contributed by atoms with van der Waals surface area (Å²) in [6.45, 7) is 1.30. The van der Waals surface area contributed by atoms with E-state index in [4.69, 9.17) is 23.8 Å². The van der Waals surface area contributed by atoms with Crippen molar-refractivity contribution in [3.8, 4) is 0 Å². The predicted molar refractivity (Wildman–Crippen MR) is 89.0 cm³/mol. The fourth-order valence-electron chi connectivity index (χ4n) is 1.86. The summed E-state index contributed by atoms with van der Waals surface area (Å²) in [7, 11) is 0. The third kappa shape index (κ3) is 5.69. The van der Waals surface area contributed by atoms with Crippen LogP contribution in [-0.4, -0.2) is 11.7 Å². The zero-order valence-electron chi connectivity index (χ0n) is 11.4. The molecule has 0 bridgehead atoms. The molecule has 21 heavy (non-hydrogen) atoms. The summed E-state index contributed by atoms with van der Waals surface area (Å²) in [6, 6.07) is 14.1. The van der Waals surface area contributed by atoms with Crippen molar-refractivity contribution >= 4 is 28.9 Å². The highest BCUT2D eigenvalue weighted by atomic mass is 35.5. The highest BCUT2D eigenvalue weighted by molar-refractivity contribution is 7.80. The Bertz CT molecular complexity index is 601. The van der Waals surface area contributed by atoms with Crippen molar-refractivity contribution < 1.29 is 4.39 Å². The number of rotatable bonds is 5. The standard InChI is InChI=1S/C16H16ClFN2S/c17-14-3-1-2-12(10-14)8-9-19-16(21)20-11-13-4-6-15(18)7-5-13/h1-7,10H,8-9,11H2,(H2,19,20,21). The topological polar surface area (TPSA) is 24.1 Å². The number of nitrogens with one attached hydrogen (secondary N) is 2. The summed E-state index contributed by atoms with van der Waals surface area (Å²) in [5.74, 6) is -0.235. The molecule has 2 rings (SSSR count). The molecule has 0 aliphatic carbocycles. The Morgan fingerprint density at radius 3 is 2.52 bits per heavy atom. The van der Waals surface area contributed by atoms with Gasteiger partial charge >= 0.3 is 0 Å². The van der Waals surface area contributed by atoms with E-state index in [1.807, 2.05) is 24.3 Å². The quantitative estimate of drug-likeness (QED) is 0.821. The van der Waals surface area contributed by atoms with E-state index >= 15 is 0 Å². The van der Waals surface area contributed by atoms with Gasteiger partial charge in [0.2, 0.25) is 0 Å². The fourth-order valence-corrected chi connectivity index (χ4v) is 2.25. The molecule has 0 spiro atoms. The lowest BCUT2D eigenvalue weighted by molar-refractivity contribution is 0.626. The van der Waals surface area contributed by atoms with E-state index in [9.17, 15) is 4.39 Å². The lowest BCUT2D eigenvalue weighted by atomic mass is 10.1. The van der Waals surface area contributed by atoms with Gasteiger partial charge in [0.15, 0.2) is 5.11 Å². The largest absolute Gasteiger partial charge is 0.362 e. The van der Waals surface area contributed by atoms with Crippen LogP contribution in [0.25, 0.3) is 0 Å². The van der Waals surface area contributed by atoms with E-state index in [1.54, 1.807) is 12.1 Å². The summed E-state index contributed by atoms with van der Waals surface area (Å²) in [4.78, 5) is 0. The monoisotopic (exact) mass is 322 g/mol. The molecule has 0 radical (unpaired) electrons. The van der Waals surface area contributed by atoms with Gasteiger partial charge in [-0.2, -0.15) is 0 Å². The minimum atomic E-state index is -0.235. The summed E-state index contributed by atoms with van der Waals surface area (Å²) in [5, 5.41) is 7.55. The van der Waals surface area contributed by atoms with Gasteiger partial charge in [-0.25, -0.2) is 4.39 Å². The zero-order chi connectivity index (χ0) is 15.1. The molecule has 0 saturated carbocycles. The van der Waals surface area contributed by atoms with Gasteiger partial charge in [-0.15, -0.1) is 0 Å². The number of thiocarbonyl (C=S) groups is 1. The molecule has 2 aromatic carbocycles. The molecule has 0 fully saturated rings. The Morgan fingerprint density at radius 1 is 1.05 bits per heavy atom. The van der Waals surface area contributed by atoms with Gasteiger partial charge in [0.1, 0.15) is 5.82 Å². The first-order valence-electron chi connectivity index (χ1n) is 6.64. The fraction of sp³-hybridized carbons (Fsp3) is 0.188. The molecular formula is C16H16ClFN2S. The van der Waals surface area contributed by atoms with Crippen molar-refractivity contribution in [3.05, 3.63) is 70.5 Å². The van der Waals surface area contributed by atoms with Gasteiger partial charge < -0.3 is 10.6 Å². The number of hydrogen-bond acceptors (Lipinski definition) is 1. The highest BCUT2D eigenvalue weighted by Gasteiger charge is 1.98. The number of benzene rings is 2. The van der Waals surface area contributed by atoms with Gasteiger partial charge in [-0.1, -0.05) is 35.9 Å². The average Bonchev–Trinajstić information content (AvgIpc) is 2.47. The van der Waals surface area contributed by atoms with Crippen LogP contribution in [0.5, 0.6) is 0 Å². The molecule has 0 heterocycles. The molecule has 5 heteroatoms. The first-order valence-corrected chi connectivity index (χ1v) is 7.43. The molecule has 0 unspecified atom stereocenters. The Labute approximate surface area is 134 Å². The normalized spacial score (nSPS) is 10.2. The molecular weight excluding hydrogens is 307 g/mol. The number of halogens is 2. The molecule has 2 nitrogen and oxygen atoms in total. The third-order valence-corrected chi connectivity index (χ3v) is 3.48. The molecule has 0 amide bonds. The van der Waals surface area contributed by atoms with Gasteiger partial charge in [-0.05, 0) is 54.0 Å². The van der Waals surface area contributed by atoms with Crippen LogP contribution < -0.4 is 10.6 Å². The minimum absolute atomic E-state index is 0.235. The molecule has 2 aromatic rings. The SMILES string of the molecule is Fc1ccc(CNC(=S)NCCc2cccc(Cl)c2)cc1. The van der Waals surface area contributed by atoms with Crippen molar-refractivity contribution in [2.75, 3.05) is 6.54 Å². The predicted octanol–water partition coefficient (Wildman–Crippen LogP) is 3.69. The van der Waals surface area contributed by atoms with E-state index < -0.39 is 0 Å². The van der Waals surface area contributed by atoms with Gasteiger partial charge in [0.05, 0.1) is 0 Å². The minimum Gasteiger partial charge on any atom is -0.362 e. The van der Waals surface area contributed by atoms with Crippen molar-refractivity contribution in [1.82, 2.24) is 10.6 Å². The Morgan fingerprint density at radius 2 is 1.81 bits per heavy atom. The molecule has 0 atom stereocenters. The summed E-state index contributed by atoms with van der Waals surface area (Å²) in [6.07, 6.45) is 0.846. The van der Waals surface area contributed by atoms with E-state index in [0.29, 0.717) is 11.7 Å². The van der Waals surface area contributed by atoms with Crippen molar-refractivity contribution in [3.63, 3.8) is 0 Å². The lowest BCUT2D eigenvalue weighted by Gasteiger charge is -2.10. The van der Waals surface area contributed by atoms with Crippen molar-refractivity contribution in [2.45, 2.75) is 13.0 Å². The van der Waals surface area contributed by atoms with Crippen LogP contribution in [0, 0.1) is 5.82 Å². The number of hydrogen-bond donors (Lipinski definition) is 2. The maximum atomic E-state index is 12.8. The second-order valence-corrected chi connectivity index (χ2v) is 5.46. The van der Waals surface area contributed by atoms with E-state index in [1.165, 1.54) is 12.1 Å². The van der Waals surface area contributed by atoms with Crippen LogP contribution in [0.4, 0.5) is 4.39 Å². The van der Waals surface area contributed by atoms with Gasteiger partial charge in [0, 0.05) is 18.1 Å². The highest BCUT2D eigenvalue weighted by Crippen LogP contribution is 2.10. The van der Waals surface area contributed by atoms with Crippen LogP contribution in [0.1, 0.15) is 11.1 Å². The molecule has 0 aliphatic heterocycles. The van der Waals surface area contributed by atoms with Crippen LogP contribution in [0.15, 0.2) is 48.5 Å². The van der Waals surface area contributed by atoms with Gasteiger partial charge in [0.25, 0.3) is 0 Å². The average molecular weight is 323 g/mol. The summed E-state index contributed by atoms with van der Waals surface area (Å²) in [5.41, 5.74) is 2.15. The molecule has 0 aromatic heterocycles. The molecule has 2 N–H and O–H groups in total. The Hall–Kier alpha value is -1.65. The maximum Gasteiger partial charge on any atom is 0.166 e. The Balaban J connectivity index is 1.69. The summed E-state index contributed by atoms with van der Waals surface area (Å²) < 4.78 is 12.8. The van der Waals surface area contributed by atoms with Crippen molar-refractivity contribution in [2.24, 2.45) is 0 Å². The van der Waals surface area contributed by atoms with Crippen LogP contribution >= 0.6 is 23.8 Å². The van der Waals surface area contributed by atoms with E-state index in [0.717, 1.165) is 29.1 Å². The first kappa shape index (κ1) is 15.7. The third-order valence-electron chi connectivity index (χ3n) is 2.95. The van der Waals surface area contributed by atoms with Crippen LogP contribution in [0.3, 0.4) is 0 Å². The molecule has 0 aliphatic rings. The Kier molecular flexibility index (Phi) is 5.96. The lowest BCUT2D eigenvalue weighted by Crippen LogP contribution is -2.35. The first-order chi connectivity index (χ1) is 10.1. The zero-order valence-corrected chi connectivity index (χ0v) is 13.0. The molecule has 110 valence electrons. The summed E-state index contributed by atoms with van der Waals surface area (Å²) >= 11 is 11.1. The van der Waals surface area contributed by atoms with Crippen LogP contribution in [0.2, 0.25) is 5.02 Å². The maximum absolute atomic E-state index is 12.8. The second-order valence-electron chi connectivity index (χ2n) is 4.62. The van der Waals surface area contributed by atoms with Crippen LogP contribution in [-0.2, 0) is 13.0 Å².